The van der Waals surface area contributed by atoms with Crippen molar-refractivity contribution in [3.8, 4) is 0 Å². The summed E-state index contributed by atoms with van der Waals surface area (Å²) in [6.07, 6.45) is -0.244. The first-order chi connectivity index (χ1) is 12.9. The number of rotatable bonds is 10. The summed E-state index contributed by atoms with van der Waals surface area (Å²) < 4.78 is 22.7. The lowest BCUT2D eigenvalue weighted by Crippen LogP contribution is -2.32. The molecule has 0 spiro atoms. The summed E-state index contributed by atoms with van der Waals surface area (Å²) in [6, 6.07) is 0. The van der Waals surface area contributed by atoms with Gasteiger partial charge >= 0.3 is 13.6 Å². The first kappa shape index (κ1) is 21.0. The molecule has 0 aliphatic carbocycles. The molecule has 1 fully saturated rings. The summed E-state index contributed by atoms with van der Waals surface area (Å²) >= 11 is 0. The molecule has 0 N–H and O–H groups in total. The summed E-state index contributed by atoms with van der Waals surface area (Å²) in [5.74, 6) is -1.64. The number of nitrogens with zero attached hydrogens (tertiary/aromatic N) is 5. The van der Waals surface area contributed by atoms with Gasteiger partial charge in [0, 0.05) is 19.3 Å². The van der Waals surface area contributed by atoms with Gasteiger partial charge in [-0.3, -0.25) is 14.2 Å². The fourth-order valence-electron chi connectivity index (χ4n) is 2.15. The zero-order chi connectivity index (χ0) is 19.9. The third-order valence-corrected chi connectivity index (χ3v) is 5.27. The fraction of sp³-hybridized carbons (Fsp3) is 0.643. The number of hydrogen-bond donors (Lipinski definition) is 0. The lowest BCUT2D eigenvalue weighted by Gasteiger charge is -2.15. The molecule has 1 aliphatic rings. The minimum Gasteiger partial charge on any atom is -0.330 e. The van der Waals surface area contributed by atoms with Crippen LogP contribution in [0.5, 0.6) is 0 Å². The number of amides is 2. The van der Waals surface area contributed by atoms with Gasteiger partial charge in [0.2, 0.25) is 0 Å². The third kappa shape index (κ3) is 6.12. The average molecular weight is 401 g/mol. The minimum atomic E-state index is -3.36. The maximum atomic E-state index is 12.4. The highest BCUT2D eigenvalue weighted by Crippen LogP contribution is 2.50. The van der Waals surface area contributed by atoms with Gasteiger partial charge in [0.05, 0.1) is 19.6 Å². The summed E-state index contributed by atoms with van der Waals surface area (Å²) in [5.41, 5.74) is 0. The number of imide groups is 1. The van der Waals surface area contributed by atoms with Crippen molar-refractivity contribution in [2.45, 2.75) is 45.7 Å². The zero-order valence-corrected chi connectivity index (χ0v) is 15.9. The van der Waals surface area contributed by atoms with Gasteiger partial charge < -0.3 is 13.9 Å². The Labute approximate surface area is 155 Å². The fourth-order valence-corrected chi connectivity index (χ4v) is 3.67. The SMILES string of the molecule is CCOP(=O)(Cc1nnc(CCC(=O)ON2C(=O)CCC2=O)nn1)OCC. The number of hydroxylamine groups is 2. The first-order valence-corrected chi connectivity index (χ1v) is 10.1. The van der Waals surface area contributed by atoms with E-state index < -0.39 is 25.4 Å². The summed E-state index contributed by atoms with van der Waals surface area (Å²) in [4.78, 5) is 39.2. The molecule has 27 heavy (non-hydrogen) atoms. The summed E-state index contributed by atoms with van der Waals surface area (Å²) in [6.45, 7) is 3.80. The Morgan fingerprint density at radius 3 is 2.04 bits per heavy atom. The van der Waals surface area contributed by atoms with Crippen LogP contribution in [0.25, 0.3) is 0 Å². The van der Waals surface area contributed by atoms with Crippen LogP contribution in [0.1, 0.15) is 44.8 Å². The largest absolute Gasteiger partial charge is 0.338 e. The van der Waals surface area contributed by atoms with Crippen molar-refractivity contribution in [3.05, 3.63) is 11.6 Å². The number of carbonyl (C=O) groups is 3. The van der Waals surface area contributed by atoms with Gasteiger partial charge in [-0.2, -0.15) is 0 Å². The maximum absolute atomic E-state index is 12.4. The maximum Gasteiger partial charge on any atom is 0.338 e. The van der Waals surface area contributed by atoms with Gasteiger partial charge in [0.25, 0.3) is 11.8 Å². The van der Waals surface area contributed by atoms with Crippen LogP contribution < -0.4 is 0 Å². The molecule has 0 bridgehead atoms. The lowest BCUT2D eigenvalue weighted by molar-refractivity contribution is -0.197. The molecule has 2 rings (SSSR count). The van der Waals surface area contributed by atoms with E-state index in [1.807, 2.05) is 0 Å². The molecular formula is C14H20N5O7P. The van der Waals surface area contributed by atoms with Crippen LogP contribution in [-0.2, 0) is 45.4 Å². The van der Waals surface area contributed by atoms with Gasteiger partial charge in [0.1, 0.15) is 6.16 Å². The molecule has 2 amide bonds. The Hall–Kier alpha value is -2.30. The van der Waals surface area contributed by atoms with E-state index in [1.54, 1.807) is 13.8 Å². The van der Waals surface area contributed by atoms with E-state index in [9.17, 15) is 18.9 Å². The molecule has 1 aromatic rings. The quantitative estimate of drug-likeness (QED) is 0.400. The van der Waals surface area contributed by atoms with E-state index in [-0.39, 0.29) is 56.7 Å². The normalized spacial score (nSPS) is 14.7. The summed E-state index contributed by atoms with van der Waals surface area (Å²) in [7, 11) is -3.36. The van der Waals surface area contributed by atoms with Crippen molar-refractivity contribution in [1.82, 2.24) is 25.5 Å². The highest BCUT2D eigenvalue weighted by Gasteiger charge is 2.32. The monoisotopic (exact) mass is 401 g/mol. The topological polar surface area (TPSA) is 151 Å². The second kappa shape index (κ2) is 9.58. The van der Waals surface area contributed by atoms with Crippen LogP contribution in [0.2, 0.25) is 0 Å². The van der Waals surface area contributed by atoms with Gasteiger partial charge in [-0.05, 0) is 13.8 Å². The van der Waals surface area contributed by atoms with Crippen LogP contribution in [0.15, 0.2) is 0 Å². The number of aryl methyl sites for hydroxylation is 1. The first-order valence-electron chi connectivity index (χ1n) is 8.36. The number of hydrogen-bond acceptors (Lipinski definition) is 11. The Kier molecular flexibility index (Phi) is 7.45. The second-order valence-corrected chi connectivity index (χ2v) is 7.44. The van der Waals surface area contributed by atoms with E-state index in [0.29, 0.717) is 5.06 Å². The Morgan fingerprint density at radius 1 is 1.00 bits per heavy atom. The minimum absolute atomic E-state index is 0.0257. The van der Waals surface area contributed by atoms with E-state index in [4.69, 9.17) is 13.9 Å². The molecule has 0 unspecified atom stereocenters. The molecular weight excluding hydrogens is 381 g/mol. The Morgan fingerprint density at radius 2 is 1.52 bits per heavy atom. The number of carbonyl (C=O) groups excluding carboxylic acids is 3. The van der Waals surface area contributed by atoms with Crippen LogP contribution in [0, 0.1) is 0 Å². The highest BCUT2D eigenvalue weighted by molar-refractivity contribution is 7.53. The molecule has 1 aromatic heterocycles. The van der Waals surface area contributed by atoms with Crippen molar-refractivity contribution in [3.63, 3.8) is 0 Å². The van der Waals surface area contributed by atoms with Gasteiger partial charge in [-0.1, -0.05) is 0 Å². The van der Waals surface area contributed by atoms with Crippen molar-refractivity contribution in [2.75, 3.05) is 13.2 Å². The van der Waals surface area contributed by atoms with Crippen LogP contribution >= 0.6 is 7.60 Å². The molecule has 0 radical (unpaired) electrons. The molecule has 12 nitrogen and oxygen atoms in total. The van der Waals surface area contributed by atoms with Crippen molar-refractivity contribution in [1.29, 1.82) is 0 Å². The summed E-state index contributed by atoms with van der Waals surface area (Å²) in [5, 5.41) is 15.7. The van der Waals surface area contributed by atoms with Crippen LogP contribution in [0.4, 0.5) is 0 Å². The predicted octanol–water partition coefficient (Wildman–Crippen LogP) is 0.572. The third-order valence-electron chi connectivity index (χ3n) is 3.30. The average Bonchev–Trinajstić information content (AvgIpc) is 2.93. The molecule has 0 saturated carbocycles. The zero-order valence-electron chi connectivity index (χ0n) is 15.0. The molecule has 148 valence electrons. The molecule has 0 aromatic carbocycles. The van der Waals surface area contributed by atoms with Crippen molar-refractivity contribution >= 4 is 25.4 Å². The van der Waals surface area contributed by atoms with Crippen molar-refractivity contribution < 1.29 is 32.8 Å². The second-order valence-electron chi connectivity index (χ2n) is 5.38. The van der Waals surface area contributed by atoms with Crippen LogP contribution in [0.3, 0.4) is 0 Å². The Bertz CT molecular complexity index is 716. The van der Waals surface area contributed by atoms with Gasteiger partial charge in [0.15, 0.2) is 11.6 Å². The van der Waals surface area contributed by atoms with Crippen LogP contribution in [-0.4, -0.2) is 56.5 Å². The molecule has 0 atom stereocenters. The van der Waals surface area contributed by atoms with Gasteiger partial charge in [-0.25, -0.2) is 4.79 Å². The molecule has 1 saturated heterocycles. The Balaban J connectivity index is 1.86. The predicted molar refractivity (Wildman–Crippen MR) is 87.7 cm³/mol. The molecule has 13 heteroatoms. The molecule has 1 aliphatic heterocycles. The van der Waals surface area contributed by atoms with E-state index in [2.05, 4.69) is 20.4 Å². The number of aromatic nitrogens is 4. The smallest absolute Gasteiger partial charge is 0.330 e. The van der Waals surface area contributed by atoms with E-state index >= 15 is 0 Å². The lowest BCUT2D eigenvalue weighted by atomic mass is 10.3. The van der Waals surface area contributed by atoms with E-state index in [1.165, 1.54) is 0 Å². The standard InChI is InChI=1S/C14H20N5O7P/c1-3-24-27(23,25-4-2)9-11-17-15-10(16-18-11)5-8-14(22)26-19-12(20)6-7-13(19)21/h3-9H2,1-2H3. The van der Waals surface area contributed by atoms with Gasteiger partial charge in [-0.15, -0.1) is 25.5 Å². The van der Waals surface area contributed by atoms with E-state index in [0.717, 1.165) is 0 Å². The molecule has 2 heterocycles. The van der Waals surface area contributed by atoms with Crippen molar-refractivity contribution in [2.24, 2.45) is 0 Å². The highest BCUT2D eigenvalue weighted by atomic mass is 31.2.